The maximum atomic E-state index is 7.86. The third-order valence-corrected chi connectivity index (χ3v) is 0. The zero-order chi connectivity index (χ0) is 14.3. The van der Waals surface area contributed by atoms with Gasteiger partial charge in [-0.3, -0.25) is 0 Å². The summed E-state index contributed by atoms with van der Waals surface area (Å²) >= 11 is 0. The third-order valence-electron chi connectivity index (χ3n) is 0. The van der Waals surface area contributed by atoms with Crippen molar-refractivity contribution in [1.82, 2.24) is 0 Å². The maximum Gasteiger partial charge on any atom is 0.0820 e. The minimum absolute atomic E-state index is 0. The molecule has 0 aromatic heterocycles. The molecule has 17 heavy (non-hydrogen) atoms. The second kappa shape index (κ2) is 24.3. The number of rotatable bonds is 0. The van der Waals surface area contributed by atoms with E-state index in [1.165, 1.54) is 27.7 Å². The van der Waals surface area contributed by atoms with Crippen LogP contribution in [0, 0.1) is 0 Å². The Bertz CT molecular complexity index is 159. The van der Waals surface area contributed by atoms with E-state index in [9.17, 15) is 0 Å². The Morgan fingerprint density at radius 3 is 0.529 bits per heavy atom. The fourth-order valence-corrected chi connectivity index (χ4v) is 0. The quantitative estimate of drug-likeness (QED) is 0.501. The molecule has 0 heterocycles. The second-order valence-electron chi connectivity index (χ2n) is 2.94. The Morgan fingerprint density at radius 2 is 0.529 bits per heavy atom. The van der Waals surface area contributed by atoms with Crippen molar-refractivity contribution in [3.8, 4) is 0 Å². The molecule has 0 aromatic rings. The SMILES string of the molecule is C=C(C)O.C=C(C)O.C=C(C)O.C=C(C)O.[Zr]. The zero-order valence-corrected chi connectivity index (χ0v) is 13.6. The van der Waals surface area contributed by atoms with Gasteiger partial charge in [0.25, 0.3) is 0 Å². The molecular formula is C12H24O4Zr. The second-order valence-corrected chi connectivity index (χ2v) is 2.94. The van der Waals surface area contributed by atoms with E-state index in [1.807, 2.05) is 0 Å². The number of aliphatic hydroxyl groups excluding tert-OH is 4. The van der Waals surface area contributed by atoms with E-state index >= 15 is 0 Å². The Balaban J connectivity index is -0.0000000369. The van der Waals surface area contributed by atoms with Gasteiger partial charge in [0.15, 0.2) is 0 Å². The molecule has 0 atom stereocenters. The fourth-order valence-electron chi connectivity index (χ4n) is 0. The van der Waals surface area contributed by atoms with E-state index in [0.717, 1.165) is 0 Å². The molecule has 4 N–H and O–H groups in total. The van der Waals surface area contributed by atoms with Gasteiger partial charge < -0.3 is 20.4 Å². The van der Waals surface area contributed by atoms with E-state index in [4.69, 9.17) is 20.4 Å². The van der Waals surface area contributed by atoms with Crippen molar-refractivity contribution < 1.29 is 46.6 Å². The van der Waals surface area contributed by atoms with Crippen molar-refractivity contribution >= 4 is 0 Å². The topological polar surface area (TPSA) is 80.9 Å². The van der Waals surface area contributed by atoms with E-state index in [0.29, 0.717) is 0 Å². The monoisotopic (exact) mass is 322 g/mol. The molecule has 5 heteroatoms. The molecule has 0 bridgehead atoms. The minimum Gasteiger partial charge on any atom is -0.513 e. The van der Waals surface area contributed by atoms with Crippen LogP contribution in [0.3, 0.4) is 0 Å². The first-order chi connectivity index (χ1) is 6.93. The molecule has 4 nitrogen and oxygen atoms in total. The predicted octanol–water partition coefficient (Wildman–Crippen LogP) is 4.31. The van der Waals surface area contributed by atoms with Crippen LogP contribution < -0.4 is 0 Å². The van der Waals surface area contributed by atoms with Crippen molar-refractivity contribution in [2.24, 2.45) is 0 Å². The van der Waals surface area contributed by atoms with Gasteiger partial charge in [0, 0.05) is 26.2 Å². The molecule has 0 aliphatic carbocycles. The van der Waals surface area contributed by atoms with Gasteiger partial charge in [-0.25, -0.2) is 0 Å². The van der Waals surface area contributed by atoms with Gasteiger partial charge in [0.2, 0.25) is 0 Å². The number of hydrogen-bond donors (Lipinski definition) is 4. The van der Waals surface area contributed by atoms with Crippen LogP contribution in [0.1, 0.15) is 27.7 Å². The van der Waals surface area contributed by atoms with Crippen LogP contribution in [-0.2, 0) is 26.2 Å². The molecule has 100 valence electrons. The largest absolute Gasteiger partial charge is 0.513 e. The molecule has 0 unspecified atom stereocenters. The summed E-state index contributed by atoms with van der Waals surface area (Å²) < 4.78 is 0. The average Bonchev–Trinajstić information content (AvgIpc) is 1.76. The minimum atomic E-state index is 0. The Labute approximate surface area is 123 Å². The summed E-state index contributed by atoms with van der Waals surface area (Å²) in [7, 11) is 0. The van der Waals surface area contributed by atoms with Gasteiger partial charge in [-0.05, 0) is 27.7 Å². The summed E-state index contributed by atoms with van der Waals surface area (Å²) in [5, 5.41) is 31.4. The van der Waals surface area contributed by atoms with Crippen LogP contribution >= 0.6 is 0 Å². The molecule has 0 fully saturated rings. The van der Waals surface area contributed by atoms with Crippen molar-refractivity contribution in [2.75, 3.05) is 0 Å². The first-order valence-corrected chi connectivity index (χ1v) is 4.31. The van der Waals surface area contributed by atoms with Gasteiger partial charge in [0.1, 0.15) is 0 Å². The smallest absolute Gasteiger partial charge is 0.0820 e. The molecule has 0 aromatic carbocycles. The van der Waals surface area contributed by atoms with Crippen LogP contribution in [0.2, 0.25) is 0 Å². The van der Waals surface area contributed by atoms with E-state index < -0.39 is 0 Å². The van der Waals surface area contributed by atoms with E-state index in [2.05, 4.69) is 26.3 Å². The molecular weight excluding hydrogens is 299 g/mol. The molecule has 0 rings (SSSR count). The molecule has 0 spiro atoms. The van der Waals surface area contributed by atoms with Crippen molar-refractivity contribution in [3.05, 3.63) is 49.4 Å². The number of aliphatic hydroxyl groups is 4. The summed E-state index contributed by atoms with van der Waals surface area (Å²) in [5.41, 5.74) is 0. The fraction of sp³-hybridized carbons (Fsp3) is 0.333. The van der Waals surface area contributed by atoms with Crippen molar-refractivity contribution in [3.63, 3.8) is 0 Å². The first kappa shape index (κ1) is 29.8. The normalized spacial score (nSPS) is 5.88. The van der Waals surface area contributed by atoms with E-state index in [1.54, 1.807) is 0 Å². The van der Waals surface area contributed by atoms with Crippen molar-refractivity contribution in [1.29, 1.82) is 0 Å². The van der Waals surface area contributed by atoms with Crippen LogP contribution in [0.5, 0.6) is 0 Å². The summed E-state index contributed by atoms with van der Waals surface area (Å²) in [5.74, 6) is 0.667. The van der Waals surface area contributed by atoms with Gasteiger partial charge >= 0.3 is 0 Å². The molecule has 0 amide bonds. The maximum absolute atomic E-state index is 7.86. The summed E-state index contributed by atoms with van der Waals surface area (Å²) in [4.78, 5) is 0. The van der Waals surface area contributed by atoms with E-state index in [-0.39, 0.29) is 49.2 Å². The van der Waals surface area contributed by atoms with Gasteiger partial charge in [-0.15, -0.1) is 0 Å². The van der Waals surface area contributed by atoms with Crippen LogP contribution in [0.4, 0.5) is 0 Å². The molecule has 0 saturated heterocycles. The third kappa shape index (κ3) is 2800. The summed E-state index contributed by atoms with van der Waals surface area (Å²) in [6.45, 7) is 18.6. The summed E-state index contributed by atoms with van der Waals surface area (Å²) in [6, 6.07) is 0. The van der Waals surface area contributed by atoms with Crippen LogP contribution in [-0.4, -0.2) is 20.4 Å². The molecule has 0 aliphatic rings. The number of hydrogen-bond acceptors (Lipinski definition) is 4. The van der Waals surface area contributed by atoms with Crippen LogP contribution in [0.25, 0.3) is 0 Å². The predicted molar refractivity (Wildman–Crippen MR) is 69.8 cm³/mol. The first-order valence-electron chi connectivity index (χ1n) is 4.31. The van der Waals surface area contributed by atoms with Gasteiger partial charge in [-0.1, -0.05) is 26.3 Å². The Kier molecular flexibility index (Phi) is 42.6. The molecule has 0 saturated carbocycles. The van der Waals surface area contributed by atoms with Crippen molar-refractivity contribution in [2.45, 2.75) is 27.7 Å². The van der Waals surface area contributed by atoms with Gasteiger partial charge in [0.05, 0.1) is 23.0 Å². The van der Waals surface area contributed by atoms with Gasteiger partial charge in [-0.2, -0.15) is 0 Å². The number of allylic oxidation sites excluding steroid dienone is 4. The molecule has 0 radical (unpaired) electrons. The standard InChI is InChI=1S/4C3H6O.Zr/c4*1-3(2)4;/h4*4H,1H2,2H3;. The Hall–Kier alpha value is -0.957. The molecule has 0 aliphatic heterocycles. The van der Waals surface area contributed by atoms with Crippen LogP contribution in [0.15, 0.2) is 49.4 Å². The summed E-state index contributed by atoms with van der Waals surface area (Å²) in [6.07, 6.45) is 0. The zero-order valence-electron chi connectivity index (χ0n) is 11.1. The average molecular weight is 324 g/mol. The Morgan fingerprint density at radius 1 is 0.529 bits per heavy atom.